The molecule has 0 saturated carbocycles. The van der Waals surface area contributed by atoms with Crippen LogP contribution in [-0.2, 0) is 19.3 Å². The van der Waals surface area contributed by atoms with E-state index in [0.717, 1.165) is 0 Å². The summed E-state index contributed by atoms with van der Waals surface area (Å²) in [6.07, 6.45) is -0.347. The molecule has 2 N–H and O–H groups in total. The van der Waals surface area contributed by atoms with Crippen LogP contribution >= 0.6 is 0 Å². The average molecular weight is 147 g/mol. The molecule has 0 atom stereocenters. The molecule has 0 fully saturated rings. The van der Waals surface area contributed by atoms with Gasteiger partial charge in [-0.15, -0.1) is 0 Å². The second-order valence-electron chi connectivity index (χ2n) is 1.14. The lowest BCUT2D eigenvalue weighted by molar-refractivity contribution is -0.186. The van der Waals surface area contributed by atoms with Crippen LogP contribution in [0, 0.1) is 6.92 Å². The predicted molar refractivity (Wildman–Crippen MR) is 29.7 cm³/mol. The summed E-state index contributed by atoms with van der Waals surface area (Å²) >= 11 is 0. The van der Waals surface area contributed by atoms with Gasteiger partial charge in [-0.25, -0.2) is 20.6 Å². The zero-order valence-electron chi connectivity index (χ0n) is 5.07. The van der Waals surface area contributed by atoms with E-state index in [2.05, 4.69) is 16.6 Å². The summed E-state index contributed by atoms with van der Waals surface area (Å²) in [7, 11) is 0. The summed E-state index contributed by atoms with van der Waals surface area (Å²) in [5, 5.41) is 0. The van der Waals surface area contributed by atoms with Crippen molar-refractivity contribution in [2.75, 3.05) is 0 Å². The van der Waals surface area contributed by atoms with Crippen molar-refractivity contribution in [1.82, 2.24) is 11.0 Å². The Labute approximate surface area is 57.4 Å². The maximum Gasteiger partial charge on any atom is 0.230 e. The molecule has 0 rings (SSSR count). The van der Waals surface area contributed by atoms with Crippen molar-refractivity contribution in [2.24, 2.45) is 0 Å². The third-order valence-corrected chi connectivity index (χ3v) is 0.495. The topological polar surface area (TPSA) is 76.7 Å². The molecule has 0 spiro atoms. The lowest BCUT2D eigenvalue weighted by Gasteiger charge is -2.08. The maximum absolute atomic E-state index is 9.57. The third kappa shape index (κ3) is 5.01. The Bertz CT molecular complexity index is 95.4. The molecule has 0 unspecified atom stereocenters. The standard InChI is InChI=1S/C4H7N2O4/c1-4(9-5-2-7)10-6-3-8/h2-4H,1H2,(H,5,7)(H,6,8). The van der Waals surface area contributed by atoms with E-state index < -0.39 is 6.29 Å². The summed E-state index contributed by atoms with van der Waals surface area (Å²) in [6, 6.07) is 0. The monoisotopic (exact) mass is 147 g/mol. The molecule has 10 heavy (non-hydrogen) atoms. The number of carbonyl (C=O) groups is 2. The van der Waals surface area contributed by atoms with Crippen LogP contribution in [0.4, 0.5) is 0 Å². The number of carbonyl (C=O) groups excluding carboxylic acids is 2. The Balaban J connectivity index is 3.15. The third-order valence-electron chi connectivity index (χ3n) is 0.495. The minimum Gasteiger partial charge on any atom is -0.277 e. The summed E-state index contributed by atoms with van der Waals surface area (Å²) in [4.78, 5) is 27.8. The number of hydrogen-bond acceptors (Lipinski definition) is 4. The first-order chi connectivity index (χ1) is 4.81. The molecule has 0 aromatic heterocycles. The van der Waals surface area contributed by atoms with Crippen molar-refractivity contribution in [3.05, 3.63) is 6.92 Å². The van der Waals surface area contributed by atoms with Crippen molar-refractivity contribution in [3.8, 4) is 0 Å². The van der Waals surface area contributed by atoms with E-state index in [1.54, 1.807) is 0 Å². The van der Waals surface area contributed by atoms with Gasteiger partial charge in [0, 0.05) is 6.92 Å². The number of hydroxylamine groups is 2. The van der Waals surface area contributed by atoms with Gasteiger partial charge in [0.25, 0.3) is 0 Å². The molecule has 2 amide bonds. The van der Waals surface area contributed by atoms with Gasteiger partial charge in [-0.2, -0.15) is 0 Å². The summed E-state index contributed by atoms with van der Waals surface area (Å²) in [5.74, 6) is 0. The van der Waals surface area contributed by atoms with E-state index in [4.69, 9.17) is 0 Å². The van der Waals surface area contributed by atoms with Gasteiger partial charge >= 0.3 is 0 Å². The Morgan fingerprint density at radius 1 is 1.20 bits per heavy atom. The first kappa shape index (κ1) is 8.86. The molecule has 1 radical (unpaired) electrons. The van der Waals surface area contributed by atoms with Gasteiger partial charge < -0.3 is 0 Å². The molecule has 57 valence electrons. The predicted octanol–water partition coefficient (Wildman–Crippen LogP) is -1.50. The average Bonchev–Trinajstić information content (AvgIpc) is 1.97. The van der Waals surface area contributed by atoms with E-state index in [-0.39, 0.29) is 0 Å². The Hall–Kier alpha value is -1.14. The summed E-state index contributed by atoms with van der Waals surface area (Å²) in [5.41, 5.74) is 3.67. The second-order valence-corrected chi connectivity index (χ2v) is 1.14. The van der Waals surface area contributed by atoms with Crippen LogP contribution < -0.4 is 11.0 Å². The maximum atomic E-state index is 9.57. The largest absolute Gasteiger partial charge is 0.277 e. The molecule has 0 aliphatic heterocycles. The molecule has 0 aromatic rings. The minimum atomic E-state index is -0.963. The van der Waals surface area contributed by atoms with Gasteiger partial charge in [0.05, 0.1) is 0 Å². The van der Waals surface area contributed by atoms with Gasteiger partial charge in [-0.1, -0.05) is 0 Å². The highest BCUT2D eigenvalue weighted by atomic mass is 16.8. The smallest absolute Gasteiger partial charge is 0.230 e. The molecule has 0 aromatic carbocycles. The van der Waals surface area contributed by atoms with Crippen molar-refractivity contribution >= 4 is 12.8 Å². The normalized spacial score (nSPS) is 9.00. The SMILES string of the molecule is [CH2]C(ONC=O)ONC=O. The fourth-order valence-electron chi connectivity index (χ4n) is 0.231. The van der Waals surface area contributed by atoms with Gasteiger partial charge in [-0.05, 0) is 0 Å². The van der Waals surface area contributed by atoms with E-state index in [0.29, 0.717) is 12.8 Å². The molecule has 0 bridgehead atoms. The fraction of sp³-hybridized carbons (Fsp3) is 0.250. The van der Waals surface area contributed by atoms with Crippen molar-refractivity contribution < 1.29 is 19.3 Å². The molecule has 6 nitrogen and oxygen atoms in total. The molecular weight excluding hydrogens is 140 g/mol. The number of amides is 2. The van der Waals surface area contributed by atoms with E-state index in [1.807, 2.05) is 11.0 Å². The second kappa shape index (κ2) is 5.99. The van der Waals surface area contributed by atoms with Gasteiger partial charge in [0.2, 0.25) is 19.1 Å². The van der Waals surface area contributed by atoms with Crippen LogP contribution in [-0.4, -0.2) is 19.1 Å². The van der Waals surface area contributed by atoms with Crippen LogP contribution in [0.25, 0.3) is 0 Å². The van der Waals surface area contributed by atoms with E-state index in [9.17, 15) is 9.59 Å². The van der Waals surface area contributed by atoms with Crippen LogP contribution in [0.15, 0.2) is 0 Å². The van der Waals surface area contributed by atoms with Crippen LogP contribution in [0.1, 0.15) is 0 Å². The molecule has 0 aliphatic carbocycles. The molecule has 0 aliphatic rings. The highest BCUT2D eigenvalue weighted by Gasteiger charge is 1.99. The number of nitrogens with one attached hydrogen (secondary N) is 2. The van der Waals surface area contributed by atoms with Crippen LogP contribution in [0.3, 0.4) is 0 Å². The Morgan fingerprint density at radius 2 is 1.60 bits per heavy atom. The quantitative estimate of drug-likeness (QED) is 0.272. The number of hydrogen-bond donors (Lipinski definition) is 2. The van der Waals surface area contributed by atoms with Crippen LogP contribution in [0.5, 0.6) is 0 Å². The minimum absolute atomic E-state index is 0.308. The molecule has 0 heterocycles. The molecule has 0 saturated heterocycles. The molecular formula is C4H7N2O4. The van der Waals surface area contributed by atoms with E-state index in [1.165, 1.54) is 0 Å². The lowest BCUT2D eigenvalue weighted by atomic mass is 10.8. The van der Waals surface area contributed by atoms with Gasteiger partial charge in [-0.3, -0.25) is 9.59 Å². The summed E-state index contributed by atoms with van der Waals surface area (Å²) < 4.78 is 0. The van der Waals surface area contributed by atoms with E-state index >= 15 is 0 Å². The van der Waals surface area contributed by atoms with Crippen LogP contribution in [0.2, 0.25) is 0 Å². The highest BCUT2D eigenvalue weighted by molar-refractivity contribution is 5.44. The lowest BCUT2D eigenvalue weighted by Crippen LogP contribution is -2.28. The van der Waals surface area contributed by atoms with Crippen molar-refractivity contribution in [2.45, 2.75) is 6.29 Å². The highest BCUT2D eigenvalue weighted by Crippen LogP contribution is 1.82. The zero-order valence-corrected chi connectivity index (χ0v) is 5.07. The van der Waals surface area contributed by atoms with Crippen molar-refractivity contribution in [1.29, 1.82) is 0 Å². The first-order valence-electron chi connectivity index (χ1n) is 2.34. The van der Waals surface area contributed by atoms with Gasteiger partial charge in [0.1, 0.15) is 0 Å². The number of rotatable bonds is 6. The molecule has 6 heteroatoms. The Kier molecular flexibility index (Phi) is 5.30. The zero-order chi connectivity index (χ0) is 7.82. The fourth-order valence-corrected chi connectivity index (χ4v) is 0.231. The van der Waals surface area contributed by atoms with Gasteiger partial charge in [0.15, 0.2) is 0 Å². The Morgan fingerprint density at radius 3 is 1.90 bits per heavy atom. The first-order valence-corrected chi connectivity index (χ1v) is 2.34. The summed E-state index contributed by atoms with van der Waals surface area (Å²) in [6.45, 7) is 3.23. The van der Waals surface area contributed by atoms with Crippen molar-refractivity contribution in [3.63, 3.8) is 0 Å².